The van der Waals surface area contributed by atoms with Crippen LogP contribution in [0.5, 0.6) is 0 Å². The smallest absolute Gasteiger partial charge is 0.256 e. The fraction of sp³-hybridized carbons (Fsp3) is 0.350. The second-order valence-electron chi connectivity index (χ2n) is 6.83. The van der Waals surface area contributed by atoms with Gasteiger partial charge in [0.25, 0.3) is 5.91 Å². The zero-order valence-corrected chi connectivity index (χ0v) is 15.4. The minimum absolute atomic E-state index is 0.0567. The van der Waals surface area contributed by atoms with E-state index >= 15 is 0 Å². The van der Waals surface area contributed by atoms with Crippen LogP contribution in [0.4, 0.5) is 0 Å². The third kappa shape index (κ3) is 2.62. The van der Waals surface area contributed by atoms with Gasteiger partial charge in [0.05, 0.1) is 23.0 Å². The molecule has 1 fully saturated rings. The Morgan fingerprint density at radius 2 is 2.00 bits per heavy atom. The molecule has 2 aromatic heterocycles. The lowest BCUT2D eigenvalue weighted by molar-refractivity contribution is 0.0735. The molecule has 0 saturated carbocycles. The Kier molecular flexibility index (Phi) is 4.11. The highest BCUT2D eigenvalue weighted by atomic mass is 16.2. The summed E-state index contributed by atoms with van der Waals surface area (Å²) in [6.07, 6.45) is 5.57. The minimum atomic E-state index is 0.0567. The topological polar surface area (TPSA) is 56.0 Å². The number of nitrogens with zero attached hydrogens (tertiary/aromatic N) is 5. The lowest BCUT2D eigenvalue weighted by atomic mass is 10.0. The first-order valence-electron chi connectivity index (χ1n) is 8.98. The van der Waals surface area contributed by atoms with Crippen molar-refractivity contribution in [2.24, 2.45) is 7.05 Å². The van der Waals surface area contributed by atoms with E-state index in [1.807, 2.05) is 60.1 Å². The molecule has 26 heavy (non-hydrogen) atoms. The maximum atomic E-state index is 13.4. The Morgan fingerprint density at radius 1 is 1.19 bits per heavy atom. The standard InChI is InChI=1S/C20H23N5O/c1-14-19(15(2)23(3)22-14)18-10-6-12-24(18)20(26)16-8-4-5-9-17(16)25-13-7-11-21-25/h4-5,7-9,11,13,18H,6,10,12H2,1-3H3/t18-/m0/s1. The third-order valence-electron chi connectivity index (χ3n) is 5.30. The fourth-order valence-electron chi connectivity index (χ4n) is 4.00. The molecule has 0 unspecified atom stereocenters. The number of aryl methyl sites for hydroxylation is 2. The molecule has 1 saturated heterocycles. The lowest BCUT2D eigenvalue weighted by Crippen LogP contribution is -2.32. The third-order valence-corrected chi connectivity index (χ3v) is 5.30. The monoisotopic (exact) mass is 349 g/mol. The summed E-state index contributed by atoms with van der Waals surface area (Å²) in [6.45, 7) is 4.87. The molecule has 0 aliphatic carbocycles. The molecule has 0 spiro atoms. The van der Waals surface area contributed by atoms with Gasteiger partial charge in [-0.15, -0.1) is 0 Å². The maximum Gasteiger partial charge on any atom is 0.256 e. The molecule has 1 amide bonds. The number of hydrogen-bond donors (Lipinski definition) is 0. The van der Waals surface area contributed by atoms with Gasteiger partial charge in [-0.05, 0) is 44.9 Å². The van der Waals surface area contributed by atoms with E-state index in [0.717, 1.165) is 36.5 Å². The van der Waals surface area contributed by atoms with Crippen molar-refractivity contribution in [1.82, 2.24) is 24.5 Å². The van der Waals surface area contributed by atoms with Crippen molar-refractivity contribution in [3.63, 3.8) is 0 Å². The number of amides is 1. The fourth-order valence-corrected chi connectivity index (χ4v) is 4.00. The molecule has 1 aromatic carbocycles. The Hall–Kier alpha value is -2.89. The number of benzene rings is 1. The van der Waals surface area contributed by atoms with Gasteiger partial charge in [0.15, 0.2) is 0 Å². The van der Waals surface area contributed by atoms with Gasteiger partial charge in [-0.3, -0.25) is 9.48 Å². The molecule has 1 aliphatic rings. The van der Waals surface area contributed by atoms with E-state index in [4.69, 9.17) is 0 Å². The second kappa shape index (κ2) is 6.44. The van der Waals surface area contributed by atoms with Crippen molar-refractivity contribution in [2.75, 3.05) is 6.54 Å². The average Bonchev–Trinajstić information content (AvgIpc) is 3.37. The highest BCUT2D eigenvalue weighted by Gasteiger charge is 2.34. The number of aromatic nitrogens is 4. The molecule has 0 N–H and O–H groups in total. The number of rotatable bonds is 3. The van der Waals surface area contributed by atoms with Crippen molar-refractivity contribution in [2.45, 2.75) is 32.7 Å². The Labute approximate surface area is 153 Å². The molecule has 3 aromatic rings. The quantitative estimate of drug-likeness (QED) is 0.730. The SMILES string of the molecule is Cc1nn(C)c(C)c1[C@@H]1CCCN1C(=O)c1ccccc1-n1cccn1. The first-order chi connectivity index (χ1) is 12.6. The molecule has 0 bridgehead atoms. The number of hydrogen-bond acceptors (Lipinski definition) is 3. The number of carbonyl (C=O) groups is 1. The summed E-state index contributed by atoms with van der Waals surface area (Å²) < 4.78 is 3.65. The lowest BCUT2D eigenvalue weighted by Gasteiger charge is -2.26. The molecular formula is C20H23N5O. The molecule has 1 aliphatic heterocycles. The van der Waals surface area contributed by atoms with Gasteiger partial charge in [0.2, 0.25) is 0 Å². The number of para-hydroxylation sites is 1. The summed E-state index contributed by atoms with van der Waals surface area (Å²) in [5.41, 5.74) is 4.83. The molecular weight excluding hydrogens is 326 g/mol. The van der Waals surface area contributed by atoms with Gasteiger partial charge in [0.1, 0.15) is 0 Å². The van der Waals surface area contributed by atoms with Crippen LogP contribution in [-0.4, -0.2) is 36.9 Å². The van der Waals surface area contributed by atoms with Crippen LogP contribution in [0.25, 0.3) is 5.69 Å². The average molecular weight is 349 g/mol. The highest BCUT2D eigenvalue weighted by molar-refractivity contribution is 5.98. The van der Waals surface area contributed by atoms with Gasteiger partial charge in [-0.1, -0.05) is 12.1 Å². The van der Waals surface area contributed by atoms with Gasteiger partial charge < -0.3 is 4.90 Å². The van der Waals surface area contributed by atoms with Crippen molar-refractivity contribution >= 4 is 5.91 Å². The van der Waals surface area contributed by atoms with Crippen LogP contribution >= 0.6 is 0 Å². The normalized spacial score (nSPS) is 17.0. The van der Waals surface area contributed by atoms with E-state index < -0.39 is 0 Å². The summed E-state index contributed by atoms with van der Waals surface area (Å²) in [5, 5.41) is 8.84. The van der Waals surface area contributed by atoms with Crippen molar-refractivity contribution in [1.29, 1.82) is 0 Å². The summed E-state index contributed by atoms with van der Waals surface area (Å²) in [4.78, 5) is 15.4. The highest BCUT2D eigenvalue weighted by Crippen LogP contribution is 2.36. The molecule has 6 heteroatoms. The van der Waals surface area contributed by atoms with E-state index in [1.54, 1.807) is 10.9 Å². The van der Waals surface area contributed by atoms with Gasteiger partial charge >= 0.3 is 0 Å². The zero-order valence-electron chi connectivity index (χ0n) is 15.4. The summed E-state index contributed by atoms with van der Waals surface area (Å²) in [5.74, 6) is 0.0567. The van der Waals surface area contributed by atoms with Crippen LogP contribution in [0.1, 0.15) is 46.2 Å². The van der Waals surface area contributed by atoms with Gasteiger partial charge in [0, 0.05) is 37.2 Å². The summed E-state index contributed by atoms with van der Waals surface area (Å²) in [6, 6.07) is 9.62. The summed E-state index contributed by atoms with van der Waals surface area (Å²) >= 11 is 0. The number of carbonyl (C=O) groups excluding carboxylic acids is 1. The Morgan fingerprint density at radius 3 is 2.69 bits per heavy atom. The van der Waals surface area contributed by atoms with E-state index in [9.17, 15) is 4.79 Å². The first kappa shape index (κ1) is 16.6. The predicted molar refractivity (Wildman–Crippen MR) is 99.3 cm³/mol. The first-order valence-corrected chi connectivity index (χ1v) is 8.98. The largest absolute Gasteiger partial charge is 0.331 e. The van der Waals surface area contributed by atoms with Crippen LogP contribution in [0.2, 0.25) is 0 Å². The van der Waals surface area contributed by atoms with Crippen LogP contribution < -0.4 is 0 Å². The van der Waals surface area contributed by atoms with Crippen molar-refractivity contribution in [3.8, 4) is 5.69 Å². The van der Waals surface area contributed by atoms with Crippen LogP contribution in [0.15, 0.2) is 42.7 Å². The van der Waals surface area contributed by atoms with E-state index in [0.29, 0.717) is 5.56 Å². The van der Waals surface area contributed by atoms with E-state index in [1.165, 1.54) is 5.56 Å². The maximum absolute atomic E-state index is 13.4. The van der Waals surface area contributed by atoms with E-state index in [2.05, 4.69) is 17.1 Å². The molecule has 1 atom stereocenters. The summed E-state index contributed by atoms with van der Waals surface area (Å²) in [7, 11) is 1.96. The van der Waals surface area contributed by atoms with E-state index in [-0.39, 0.29) is 11.9 Å². The Balaban J connectivity index is 1.73. The van der Waals surface area contributed by atoms with Crippen LogP contribution in [0.3, 0.4) is 0 Å². The van der Waals surface area contributed by atoms with Gasteiger partial charge in [-0.25, -0.2) is 4.68 Å². The number of likely N-dealkylation sites (tertiary alicyclic amines) is 1. The molecule has 134 valence electrons. The zero-order chi connectivity index (χ0) is 18.3. The van der Waals surface area contributed by atoms with Crippen LogP contribution in [-0.2, 0) is 7.05 Å². The molecule has 6 nitrogen and oxygen atoms in total. The molecule has 3 heterocycles. The van der Waals surface area contributed by atoms with Gasteiger partial charge in [-0.2, -0.15) is 10.2 Å². The Bertz CT molecular complexity index is 941. The molecule has 4 rings (SSSR count). The van der Waals surface area contributed by atoms with Crippen molar-refractivity contribution in [3.05, 3.63) is 65.2 Å². The predicted octanol–water partition coefficient (Wildman–Crippen LogP) is 3.20. The second-order valence-corrected chi connectivity index (χ2v) is 6.83. The molecule has 0 radical (unpaired) electrons. The van der Waals surface area contributed by atoms with Crippen molar-refractivity contribution < 1.29 is 4.79 Å². The van der Waals surface area contributed by atoms with Crippen LogP contribution in [0, 0.1) is 13.8 Å². The minimum Gasteiger partial charge on any atom is -0.331 e.